The fourth-order valence-corrected chi connectivity index (χ4v) is 8.60. The second-order valence-electron chi connectivity index (χ2n) is 17.2. The Hall–Kier alpha value is -4.90. The number of fused-ring (bicyclic) bond motifs is 1. The van der Waals surface area contributed by atoms with E-state index in [0.29, 0.717) is 77.9 Å². The number of ether oxygens (including phenoxy) is 2. The highest BCUT2D eigenvalue weighted by Crippen LogP contribution is 2.47. The molecule has 16 heteroatoms. The van der Waals surface area contributed by atoms with Crippen LogP contribution in [0.2, 0.25) is 0 Å². The number of aliphatic hydroxyl groups excluding tert-OH is 2. The number of aliphatic hydroxyl groups is 2. The van der Waals surface area contributed by atoms with E-state index in [0.717, 1.165) is 69.6 Å². The SMILES string of the molecule is COc1cc2nc(C)nc(N[C@H](C)c3cc(N)cc(C(F)(F)F)c3)c2cc1OCC1(CN(C)C(=O)CCCN2CCC(c3ccc(NC4CCC(O)NC4O)cc3)CC2)CC1. The van der Waals surface area contributed by atoms with Gasteiger partial charge in [-0.15, -0.1) is 0 Å². The molecule has 2 saturated heterocycles. The van der Waals surface area contributed by atoms with Crippen LogP contribution in [0.1, 0.15) is 92.8 Å². The lowest BCUT2D eigenvalue weighted by atomic mass is 9.89. The van der Waals surface area contributed by atoms with E-state index in [9.17, 15) is 28.2 Å². The first-order chi connectivity index (χ1) is 29.1. The van der Waals surface area contributed by atoms with Crippen molar-refractivity contribution in [3.05, 3.63) is 77.1 Å². The van der Waals surface area contributed by atoms with Gasteiger partial charge in [0.05, 0.1) is 36.9 Å². The summed E-state index contributed by atoms with van der Waals surface area (Å²) in [6, 6.07) is 14.8. The summed E-state index contributed by atoms with van der Waals surface area (Å²) in [6.07, 6.45) is 0.534. The second-order valence-corrected chi connectivity index (χ2v) is 17.2. The number of rotatable bonds is 16. The van der Waals surface area contributed by atoms with Crippen molar-refractivity contribution in [2.45, 2.75) is 102 Å². The number of aryl methyl sites for hydroxylation is 1. The van der Waals surface area contributed by atoms with Crippen molar-refractivity contribution in [3.8, 4) is 11.5 Å². The van der Waals surface area contributed by atoms with E-state index in [-0.39, 0.29) is 23.1 Å². The number of piperidine rings is 2. The molecule has 3 aromatic carbocycles. The third-order valence-electron chi connectivity index (χ3n) is 12.4. The molecule has 1 aromatic heterocycles. The van der Waals surface area contributed by atoms with E-state index in [1.807, 2.05) is 11.9 Å². The third-order valence-corrected chi connectivity index (χ3v) is 12.4. The molecule has 0 spiro atoms. The van der Waals surface area contributed by atoms with Crippen LogP contribution >= 0.6 is 0 Å². The summed E-state index contributed by atoms with van der Waals surface area (Å²) >= 11 is 0. The van der Waals surface area contributed by atoms with Gasteiger partial charge in [0.15, 0.2) is 11.5 Å². The van der Waals surface area contributed by atoms with Crippen LogP contribution in [0, 0.1) is 12.3 Å². The van der Waals surface area contributed by atoms with Gasteiger partial charge in [0.1, 0.15) is 24.1 Å². The van der Waals surface area contributed by atoms with Crippen LogP contribution in [-0.2, 0) is 11.0 Å². The highest BCUT2D eigenvalue weighted by molar-refractivity contribution is 5.92. The summed E-state index contributed by atoms with van der Waals surface area (Å²) < 4.78 is 52.8. The Morgan fingerprint density at radius 1 is 1.05 bits per heavy atom. The van der Waals surface area contributed by atoms with Gasteiger partial charge in [0, 0.05) is 48.3 Å². The molecule has 3 aliphatic rings. The predicted molar refractivity (Wildman–Crippen MR) is 229 cm³/mol. The standard InChI is InChI=1S/C45H59F3N8O5/c1-27(31-20-32(45(46,47)48)22-33(49)21-31)50-42-35-23-39(38(60-4)24-37(35)51-28(2)52-42)61-26-44(15-16-44)25-55(3)41(58)6-5-17-56-18-13-30(14-19-56)29-7-9-34(10-8-29)53-36-11-12-40(57)54-43(36)59/h7-10,20-24,27,30,36,40,43,53-54,57,59H,5-6,11-19,25-26,49H2,1-4H3,(H,50,51,52)/t27-,36?,40?,43?/m1/s1. The summed E-state index contributed by atoms with van der Waals surface area (Å²) in [4.78, 5) is 26.8. The number of hydrogen-bond acceptors (Lipinski definition) is 12. The number of anilines is 3. The van der Waals surface area contributed by atoms with Gasteiger partial charge in [-0.1, -0.05) is 12.1 Å². The second kappa shape index (κ2) is 18.6. The number of nitrogens with two attached hydrogens (primary N) is 1. The first-order valence-corrected chi connectivity index (χ1v) is 21.3. The number of nitrogen functional groups attached to an aromatic ring is 1. The molecule has 1 saturated carbocycles. The zero-order chi connectivity index (χ0) is 43.5. The van der Waals surface area contributed by atoms with Crippen LogP contribution in [0.5, 0.6) is 11.5 Å². The molecule has 13 nitrogen and oxygen atoms in total. The van der Waals surface area contributed by atoms with E-state index in [2.05, 4.69) is 55.1 Å². The molecule has 3 unspecified atom stereocenters. The topological polar surface area (TPSA) is 170 Å². The quantitative estimate of drug-likeness (QED) is 0.0654. The number of amides is 1. The van der Waals surface area contributed by atoms with Gasteiger partial charge in [-0.25, -0.2) is 9.97 Å². The first-order valence-electron chi connectivity index (χ1n) is 21.3. The molecule has 3 fully saturated rings. The van der Waals surface area contributed by atoms with Crippen LogP contribution in [0.4, 0.5) is 30.4 Å². The predicted octanol–water partition coefficient (Wildman–Crippen LogP) is 6.80. The Bertz CT molecular complexity index is 2150. The fraction of sp³-hybridized carbons (Fsp3) is 0.533. The van der Waals surface area contributed by atoms with Gasteiger partial charge >= 0.3 is 6.18 Å². The van der Waals surface area contributed by atoms with Crippen LogP contribution in [0.3, 0.4) is 0 Å². The Labute approximate surface area is 355 Å². The number of nitrogens with zero attached hydrogens (tertiary/aromatic N) is 4. The van der Waals surface area contributed by atoms with E-state index < -0.39 is 30.2 Å². The highest BCUT2D eigenvalue weighted by atomic mass is 19.4. The summed E-state index contributed by atoms with van der Waals surface area (Å²) in [6.45, 7) is 7.30. The lowest BCUT2D eigenvalue weighted by Gasteiger charge is -2.33. The number of alkyl halides is 3. The van der Waals surface area contributed by atoms with Crippen molar-refractivity contribution < 1.29 is 37.7 Å². The van der Waals surface area contributed by atoms with Gasteiger partial charge < -0.3 is 45.9 Å². The number of carbonyl (C=O) groups is 1. The molecule has 1 aliphatic carbocycles. The van der Waals surface area contributed by atoms with Gasteiger partial charge in [-0.2, -0.15) is 13.2 Å². The third kappa shape index (κ3) is 11.1. The number of methoxy groups -OCH3 is 1. The van der Waals surface area contributed by atoms with Crippen molar-refractivity contribution in [3.63, 3.8) is 0 Å². The molecule has 0 bridgehead atoms. The van der Waals surface area contributed by atoms with E-state index in [1.54, 1.807) is 33.1 Å². The van der Waals surface area contributed by atoms with Crippen molar-refractivity contribution in [1.29, 1.82) is 0 Å². The summed E-state index contributed by atoms with van der Waals surface area (Å²) in [7, 11) is 3.42. The zero-order valence-corrected chi connectivity index (χ0v) is 35.4. The average molecular weight is 849 g/mol. The van der Waals surface area contributed by atoms with Gasteiger partial charge in [0.2, 0.25) is 5.91 Å². The normalized spacial score (nSPS) is 21.2. The fourth-order valence-electron chi connectivity index (χ4n) is 8.60. The lowest BCUT2D eigenvalue weighted by Crippen LogP contribution is -2.53. The van der Waals surface area contributed by atoms with E-state index in [1.165, 1.54) is 11.6 Å². The molecule has 2 aliphatic heterocycles. The number of benzene rings is 3. The number of carbonyl (C=O) groups excluding carboxylic acids is 1. The Morgan fingerprint density at radius 2 is 1.79 bits per heavy atom. The molecule has 330 valence electrons. The summed E-state index contributed by atoms with van der Waals surface area (Å²) in [5, 5.41) is 30.0. The molecule has 3 heterocycles. The van der Waals surface area contributed by atoms with Crippen LogP contribution in [-0.4, -0.2) is 101 Å². The molecule has 1 amide bonds. The molecule has 0 radical (unpaired) electrons. The molecule has 7 rings (SSSR count). The highest BCUT2D eigenvalue weighted by Gasteiger charge is 2.45. The minimum atomic E-state index is -4.53. The number of nitrogens with one attached hydrogen (secondary N) is 3. The molecule has 7 N–H and O–H groups in total. The molecule has 4 atom stereocenters. The minimum Gasteiger partial charge on any atom is -0.493 e. The van der Waals surface area contributed by atoms with E-state index >= 15 is 0 Å². The Kier molecular flexibility index (Phi) is 13.5. The van der Waals surface area contributed by atoms with Gasteiger partial charge in [-0.3, -0.25) is 10.1 Å². The van der Waals surface area contributed by atoms with E-state index in [4.69, 9.17) is 15.2 Å². The average Bonchev–Trinajstić information content (AvgIpc) is 3.99. The van der Waals surface area contributed by atoms with Crippen molar-refractivity contribution >= 4 is 34.0 Å². The molecule has 4 aromatic rings. The van der Waals surface area contributed by atoms with Gasteiger partial charge in [-0.05, 0) is 132 Å². The van der Waals surface area contributed by atoms with Crippen LogP contribution in [0.15, 0.2) is 54.6 Å². The number of halogens is 3. The number of aromatic nitrogens is 2. The molecular weight excluding hydrogens is 790 g/mol. The molecule has 61 heavy (non-hydrogen) atoms. The Morgan fingerprint density at radius 3 is 2.46 bits per heavy atom. The largest absolute Gasteiger partial charge is 0.493 e. The van der Waals surface area contributed by atoms with Gasteiger partial charge in [0.25, 0.3) is 0 Å². The zero-order valence-electron chi connectivity index (χ0n) is 35.4. The maximum atomic E-state index is 13.6. The number of hydrogen-bond donors (Lipinski definition) is 6. The van der Waals surface area contributed by atoms with Crippen molar-refractivity contribution in [1.82, 2.24) is 25.1 Å². The lowest BCUT2D eigenvalue weighted by molar-refractivity contribution is -0.137. The van der Waals surface area contributed by atoms with Crippen molar-refractivity contribution in [2.75, 3.05) is 63.3 Å². The molecular formula is C45H59F3N8O5. The smallest absolute Gasteiger partial charge is 0.416 e. The summed E-state index contributed by atoms with van der Waals surface area (Å²) in [5.41, 5.74) is 8.09. The van der Waals surface area contributed by atoms with Crippen LogP contribution < -0.4 is 31.2 Å². The number of likely N-dealkylation sites (tertiary alicyclic amines) is 1. The van der Waals surface area contributed by atoms with Crippen LogP contribution in [0.25, 0.3) is 10.9 Å². The Balaban J connectivity index is 0.881. The first kappa shape index (κ1) is 44.2. The maximum absolute atomic E-state index is 13.6. The summed E-state index contributed by atoms with van der Waals surface area (Å²) in [5.74, 6) is 2.48. The monoisotopic (exact) mass is 848 g/mol. The minimum absolute atomic E-state index is 0.0177. The van der Waals surface area contributed by atoms with Crippen molar-refractivity contribution in [2.24, 2.45) is 5.41 Å². The maximum Gasteiger partial charge on any atom is 0.416 e.